The zero-order valence-corrected chi connectivity index (χ0v) is 24.8. The van der Waals surface area contributed by atoms with E-state index < -0.39 is 0 Å². The molecule has 1 heteroatoms. The Morgan fingerprint density at radius 3 is 1.98 bits per heavy atom. The average molecular weight is 552 g/mol. The second-order valence-corrected chi connectivity index (χ2v) is 12.3. The summed E-state index contributed by atoms with van der Waals surface area (Å²) >= 11 is 0. The van der Waals surface area contributed by atoms with Crippen LogP contribution < -0.4 is 4.90 Å². The van der Waals surface area contributed by atoms with Gasteiger partial charge in [-0.15, -0.1) is 0 Å². The normalized spacial score (nSPS) is 13.2. The van der Waals surface area contributed by atoms with Crippen LogP contribution in [0.25, 0.3) is 43.8 Å². The van der Waals surface area contributed by atoms with Crippen molar-refractivity contribution in [3.63, 3.8) is 0 Å². The highest BCUT2D eigenvalue weighted by molar-refractivity contribution is 6.04. The van der Waals surface area contributed by atoms with Crippen molar-refractivity contribution in [2.75, 3.05) is 4.90 Å². The second-order valence-electron chi connectivity index (χ2n) is 12.3. The van der Waals surface area contributed by atoms with Crippen LogP contribution in [0.4, 0.5) is 17.1 Å². The minimum Gasteiger partial charge on any atom is -0.309 e. The molecule has 0 amide bonds. The molecule has 0 unspecified atom stereocenters. The Morgan fingerprint density at radius 2 is 1.16 bits per heavy atom. The number of anilines is 3. The van der Waals surface area contributed by atoms with Gasteiger partial charge in [-0.2, -0.15) is 0 Å². The molecule has 0 heterocycles. The molecule has 7 aromatic carbocycles. The van der Waals surface area contributed by atoms with Gasteiger partial charge >= 0.3 is 0 Å². The highest BCUT2D eigenvalue weighted by Crippen LogP contribution is 2.53. The number of hydrogen-bond donors (Lipinski definition) is 0. The van der Waals surface area contributed by atoms with Gasteiger partial charge in [-0.25, -0.2) is 0 Å². The van der Waals surface area contributed by atoms with Crippen molar-refractivity contribution in [2.24, 2.45) is 0 Å². The standard InChI is InChI=1S/C42H33N/c1-28-13-11-21-37-41(28)35-24-23-33(27-38(35)42(37,2)3)43(39-22-12-19-29-16-9-10-20-34(29)39)40-26-32-18-8-7-17-31(32)25-36(40)30-14-5-4-6-15-30/h4-27H,1-3H3. The Balaban J connectivity index is 1.45. The van der Waals surface area contributed by atoms with Gasteiger partial charge in [0.2, 0.25) is 0 Å². The lowest BCUT2D eigenvalue weighted by molar-refractivity contribution is 0.660. The number of aryl methyl sites for hydroxylation is 1. The van der Waals surface area contributed by atoms with Crippen LogP contribution in [-0.2, 0) is 5.41 Å². The monoisotopic (exact) mass is 551 g/mol. The Labute approximate surface area is 253 Å². The van der Waals surface area contributed by atoms with E-state index in [1.807, 2.05) is 0 Å². The van der Waals surface area contributed by atoms with E-state index in [1.54, 1.807) is 0 Å². The minimum absolute atomic E-state index is 0.0945. The largest absolute Gasteiger partial charge is 0.309 e. The lowest BCUT2D eigenvalue weighted by atomic mass is 9.82. The van der Waals surface area contributed by atoms with E-state index in [9.17, 15) is 0 Å². The van der Waals surface area contributed by atoms with Crippen molar-refractivity contribution in [1.82, 2.24) is 0 Å². The van der Waals surface area contributed by atoms with E-state index in [1.165, 1.54) is 77.6 Å². The molecule has 0 saturated carbocycles. The highest BCUT2D eigenvalue weighted by Gasteiger charge is 2.37. The van der Waals surface area contributed by atoms with Gasteiger partial charge in [0.1, 0.15) is 0 Å². The summed E-state index contributed by atoms with van der Waals surface area (Å²) in [5, 5.41) is 4.93. The third-order valence-corrected chi connectivity index (χ3v) is 9.35. The molecule has 0 fully saturated rings. The molecule has 43 heavy (non-hydrogen) atoms. The van der Waals surface area contributed by atoms with Crippen LogP contribution in [0, 0.1) is 6.92 Å². The van der Waals surface area contributed by atoms with Gasteiger partial charge in [0.05, 0.1) is 11.4 Å². The Hall–Kier alpha value is -5.14. The first-order valence-electron chi connectivity index (χ1n) is 15.1. The third-order valence-electron chi connectivity index (χ3n) is 9.35. The summed E-state index contributed by atoms with van der Waals surface area (Å²) in [6.45, 7) is 6.98. The predicted molar refractivity (Wildman–Crippen MR) is 184 cm³/mol. The van der Waals surface area contributed by atoms with Crippen LogP contribution >= 0.6 is 0 Å². The zero-order valence-electron chi connectivity index (χ0n) is 24.8. The summed E-state index contributed by atoms with van der Waals surface area (Å²) < 4.78 is 0. The molecule has 0 aliphatic heterocycles. The molecule has 1 aliphatic rings. The Kier molecular flexibility index (Phi) is 5.77. The Morgan fingerprint density at radius 1 is 0.488 bits per heavy atom. The number of hydrogen-bond acceptors (Lipinski definition) is 1. The molecule has 0 radical (unpaired) electrons. The van der Waals surface area contributed by atoms with Crippen molar-refractivity contribution in [3.8, 4) is 22.3 Å². The van der Waals surface area contributed by atoms with Crippen LogP contribution in [0.3, 0.4) is 0 Å². The van der Waals surface area contributed by atoms with Gasteiger partial charge in [0, 0.05) is 22.1 Å². The number of fused-ring (bicyclic) bond motifs is 5. The maximum absolute atomic E-state index is 2.49. The quantitative estimate of drug-likeness (QED) is 0.210. The first-order valence-corrected chi connectivity index (χ1v) is 15.1. The van der Waals surface area contributed by atoms with Gasteiger partial charge in [-0.3, -0.25) is 0 Å². The lowest BCUT2D eigenvalue weighted by Crippen LogP contribution is -2.17. The maximum Gasteiger partial charge on any atom is 0.0546 e. The fourth-order valence-corrected chi connectivity index (χ4v) is 7.17. The fourth-order valence-electron chi connectivity index (χ4n) is 7.17. The van der Waals surface area contributed by atoms with Crippen molar-refractivity contribution >= 4 is 38.6 Å². The van der Waals surface area contributed by atoms with E-state index in [4.69, 9.17) is 0 Å². The fraction of sp³-hybridized carbons (Fsp3) is 0.0952. The molecule has 1 aliphatic carbocycles. The van der Waals surface area contributed by atoms with E-state index in [-0.39, 0.29) is 5.41 Å². The summed E-state index contributed by atoms with van der Waals surface area (Å²) in [5.41, 5.74) is 12.7. The number of nitrogens with zero attached hydrogens (tertiary/aromatic N) is 1. The summed E-state index contributed by atoms with van der Waals surface area (Å²) in [7, 11) is 0. The van der Waals surface area contributed by atoms with E-state index in [0.29, 0.717) is 0 Å². The van der Waals surface area contributed by atoms with Gasteiger partial charge in [-0.1, -0.05) is 129 Å². The molecule has 0 aromatic heterocycles. The highest BCUT2D eigenvalue weighted by atomic mass is 15.1. The van der Waals surface area contributed by atoms with Gasteiger partial charge in [0.15, 0.2) is 0 Å². The predicted octanol–water partition coefficient (Wildman–Crippen LogP) is 11.7. The summed E-state index contributed by atoms with van der Waals surface area (Å²) in [6.07, 6.45) is 0. The van der Waals surface area contributed by atoms with Gasteiger partial charge in [0.25, 0.3) is 0 Å². The summed E-state index contributed by atoms with van der Waals surface area (Å²) in [5.74, 6) is 0. The Bertz CT molecular complexity index is 2170. The molecule has 0 spiro atoms. The first kappa shape index (κ1) is 25.6. The summed E-state index contributed by atoms with van der Waals surface area (Å²) in [6, 6.07) is 53.5. The average Bonchev–Trinajstić information content (AvgIpc) is 3.28. The smallest absolute Gasteiger partial charge is 0.0546 e. The summed E-state index contributed by atoms with van der Waals surface area (Å²) in [4.78, 5) is 2.49. The van der Waals surface area contributed by atoms with Crippen LogP contribution in [0.1, 0.15) is 30.5 Å². The first-order chi connectivity index (χ1) is 21.0. The molecular weight excluding hydrogens is 518 g/mol. The van der Waals surface area contributed by atoms with Gasteiger partial charge in [-0.05, 0) is 86.8 Å². The van der Waals surface area contributed by atoms with Gasteiger partial charge < -0.3 is 4.90 Å². The minimum atomic E-state index is -0.0945. The van der Waals surface area contributed by atoms with Crippen molar-refractivity contribution < 1.29 is 0 Å². The molecule has 0 atom stereocenters. The molecule has 1 nitrogen and oxygen atoms in total. The molecule has 0 saturated heterocycles. The maximum atomic E-state index is 2.49. The van der Waals surface area contributed by atoms with Crippen LogP contribution in [0.5, 0.6) is 0 Å². The second kappa shape index (κ2) is 9.71. The van der Waals surface area contributed by atoms with Crippen molar-refractivity contribution in [3.05, 3.63) is 162 Å². The number of rotatable bonds is 4. The van der Waals surface area contributed by atoms with Crippen LogP contribution in [-0.4, -0.2) is 0 Å². The van der Waals surface area contributed by atoms with Crippen LogP contribution in [0.15, 0.2) is 146 Å². The van der Waals surface area contributed by atoms with Crippen LogP contribution in [0.2, 0.25) is 0 Å². The third kappa shape index (κ3) is 4.00. The SMILES string of the molecule is Cc1cccc2c1-c1ccc(N(c3cc4ccccc4cc3-c3ccccc3)c3cccc4ccccc34)cc1C2(C)C. The molecule has 0 bridgehead atoms. The van der Waals surface area contributed by atoms with E-state index in [0.717, 1.165) is 0 Å². The molecule has 206 valence electrons. The molecular formula is C42H33N. The molecule has 8 rings (SSSR count). The molecule has 7 aromatic rings. The van der Waals surface area contributed by atoms with E-state index in [2.05, 4.69) is 171 Å². The lowest BCUT2D eigenvalue weighted by Gasteiger charge is -2.31. The molecule has 0 N–H and O–H groups in total. The van der Waals surface area contributed by atoms with Crippen molar-refractivity contribution in [2.45, 2.75) is 26.2 Å². The van der Waals surface area contributed by atoms with E-state index >= 15 is 0 Å². The zero-order chi connectivity index (χ0) is 29.1. The number of benzene rings is 7. The topological polar surface area (TPSA) is 3.24 Å². The van der Waals surface area contributed by atoms with Crippen molar-refractivity contribution in [1.29, 1.82) is 0 Å².